The molecule has 3 rings (SSSR count). The molecule has 120 valence electrons. The summed E-state index contributed by atoms with van der Waals surface area (Å²) in [4.78, 5) is 15.4. The minimum atomic E-state index is -3.66. The van der Waals surface area contributed by atoms with E-state index in [1.54, 1.807) is 18.5 Å². The number of ether oxygens (including phenoxy) is 1. The number of aromatic nitrogens is 1. The van der Waals surface area contributed by atoms with Gasteiger partial charge >= 0.3 is 0 Å². The average molecular weight is 333 g/mol. The third kappa shape index (κ3) is 3.66. The topological polar surface area (TPSA) is 97.4 Å². The first-order chi connectivity index (χ1) is 11.0. The van der Waals surface area contributed by atoms with E-state index in [0.717, 1.165) is 5.56 Å². The number of nitrogens with one attached hydrogen (secondary N) is 2. The predicted molar refractivity (Wildman–Crippen MR) is 83.7 cm³/mol. The lowest BCUT2D eigenvalue weighted by Crippen LogP contribution is -2.28. The Hall–Kier alpha value is -2.45. The van der Waals surface area contributed by atoms with E-state index in [0.29, 0.717) is 17.9 Å². The molecule has 0 saturated heterocycles. The number of carbonyl (C=O) groups excluding carboxylic acids is 1. The lowest BCUT2D eigenvalue weighted by atomic mass is 10.2. The lowest BCUT2D eigenvalue weighted by molar-refractivity contribution is -0.118. The molecule has 8 heteroatoms. The molecule has 0 fully saturated rings. The van der Waals surface area contributed by atoms with Crippen LogP contribution in [0.3, 0.4) is 0 Å². The number of benzene rings is 1. The summed E-state index contributed by atoms with van der Waals surface area (Å²) in [5.41, 5.74) is 1.30. The number of amides is 1. The van der Waals surface area contributed by atoms with Crippen molar-refractivity contribution in [2.75, 3.05) is 18.5 Å². The van der Waals surface area contributed by atoms with Crippen molar-refractivity contribution in [2.45, 2.75) is 11.3 Å². The number of carbonyl (C=O) groups is 1. The van der Waals surface area contributed by atoms with Crippen LogP contribution in [0.1, 0.15) is 5.56 Å². The maximum absolute atomic E-state index is 12.3. The van der Waals surface area contributed by atoms with E-state index in [2.05, 4.69) is 15.0 Å². The largest absolute Gasteiger partial charge is 0.482 e. The van der Waals surface area contributed by atoms with Crippen LogP contribution >= 0.6 is 0 Å². The quantitative estimate of drug-likeness (QED) is 0.848. The van der Waals surface area contributed by atoms with E-state index in [4.69, 9.17) is 4.74 Å². The van der Waals surface area contributed by atoms with Crippen LogP contribution in [0.4, 0.5) is 5.69 Å². The van der Waals surface area contributed by atoms with Crippen molar-refractivity contribution in [3.8, 4) is 5.75 Å². The molecule has 0 saturated carbocycles. The highest BCUT2D eigenvalue weighted by atomic mass is 32.2. The normalized spacial score (nSPS) is 13.8. The van der Waals surface area contributed by atoms with Gasteiger partial charge in [-0.15, -0.1) is 0 Å². The Morgan fingerprint density at radius 3 is 2.96 bits per heavy atom. The highest BCUT2D eigenvalue weighted by Gasteiger charge is 2.20. The van der Waals surface area contributed by atoms with Gasteiger partial charge in [0, 0.05) is 18.9 Å². The lowest BCUT2D eigenvalue weighted by Gasteiger charge is -2.18. The van der Waals surface area contributed by atoms with Gasteiger partial charge in [0.25, 0.3) is 5.91 Å². The fraction of sp³-hybridized carbons (Fsp3) is 0.200. The standard InChI is InChI=1S/C15H15N3O4S/c19-15-10-22-14-4-3-12(8-13(14)18-15)23(20,21)17-7-5-11-2-1-6-16-9-11/h1-4,6,8-9,17H,5,7,10H2,(H,18,19). The van der Waals surface area contributed by atoms with E-state index in [1.807, 2.05) is 6.07 Å². The minimum Gasteiger partial charge on any atom is -0.482 e. The van der Waals surface area contributed by atoms with Gasteiger partial charge in [-0.1, -0.05) is 6.07 Å². The first kappa shape index (κ1) is 15.4. The highest BCUT2D eigenvalue weighted by Crippen LogP contribution is 2.29. The van der Waals surface area contributed by atoms with Gasteiger partial charge in [0.05, 0.1) is 10.6 Å². The van der Waals surface area contributed by atoms with Crippen molar-refractivity contribution in [2.24, 2.45) is 0 Å². The zero-order chi connectivity index (χ0) is 16.3. The van der Waals surface area contributed by atoms with Crippen molar-refractivity contribution in [1.82, 2.24) is 9.71 Å². The number of rotatable bonds is 5. The Labute approximate surface area is 133 Å². The van der Waals surface area contributed by atoms with E-state index in [1.165, 1.54) is 18.2 Å². The van der Waals surface area contributed by atoms with Crippen LogP contribution in [-0.2, 0) is 21.2 Å². The van der Waals surface area contributed by atoms with Gasteiger partial charge in [0.15, 0.2) is 6.61 Å². The van der Waals surface area contributed by atoms with E-state index >= 15 is 0 Å². The molecule has 1 aliphatic heterocycles. The van der Waals surface area contributed by atoms with Crippen molar-refractivity contribution >= 4 is 21.6 Å². The molecule has 0 aliphatic carbocycles. The second-order valence-corrected chi connectivity index (χ2v) is 6.77. The van der Waals surface area contributed by atoms with Gasteiger partial charge in [-0.3, -0.25) is 9.78 Å². The molecule has 0 unspecified atom stereocenters. The monoisotopic (exact) mass is 333 g/mol. The highest BCUT2D eigenvalue weighted by molar-refractivity contribution is 7.89. The Bertz CT molecular complexity index is 822. The molecule has 2 N–H and O–H groups in total. The molecular weight excluding hydrogens is 318 g/mol. The Kier molecular flexibility index (Phi) is 4.26. The molecular formula is C15H15N3O4S. The van der Waals surface area contributed by atoms with Crippen molar-refractivity contribution < 1.29 is 17.9 Å². The summed E-state index contributed by atoms with van der Waals surface area (Å²) in [5.74, 6) is 0.149. The van der Waals surface area contributed by atoms with Crippen LogP contribution in [0.2, 0.25) is 0 Å². The number of pyridine rings is 1. The number of anilines is 1. The van der Waals surface area contributed by atoms with E-state index in [-0.39, 0.29) is 24.0 Å². The summed E-state index contributed by atoms with van der Waals surface area (Å²) in [6.45, 7) is 0.191. The van der Waals surface area contributed by atoms with Crippen molar-refractivity contribution in [3.63, 3.8) is 0 Å². The first-order valence-electron chi connectivity index (χ1n) is 7.00. The van der Waals surface area contributed by atoms with E-state index in [9.17, 15) is 13.2 Å². The van der Waals surface area contributed by atoms with Crippen molar-refractivity contribution in [1.29, 1.82) is 0 Å². The smallest absolute Gasteiger partial charge is 0.262 e. The van der Waals surface area contributed by atoms with Crippen LogP contribution in [0, 0.1) is 0 Å². The van der Waals surface area contributed by atoms with Gasteiger partial charge in [-0.05, 0) is 36.2 Å². The van der Waals surface area contributed by atoms with Crippen LogP contribution in [-0.4, -0.2) is 32.5 Å². The summed E-state index contributed by atoms with van der Waals surface area (Å²) in [6, 6.07) is 8.05. The average Bonchev–Trinajstić information content (AvgIpc) is 2.55. The van der Waals surface area contributed by atoms with Gasteiger partial charge in [-0.25, -0.2) is 13.1 Å². The van der Waals surface area contributed by atoms with Gasteiger partial charge < -0.3 is 10.1 Å². The maximum atomic E-state index is 12.3. The number of hydrogen-bond donors (Lipinski definition) is 2. The third-order valence-corrected chi connectivity index (χ3v) is 4.78. The van der Waals surface area contributed by atoms with Gasteiger partial charge in [-0.2, -0.15) is 0 Å². The van der Waals surface area contributed by atoms with E-state index < -0.39 is 10.0 Å². The van der Waals surface area contributed by atoms with Gasteiger partial charge in [0.1, 0.15) is 5.75 Å². The van der Waals surface area contributed by atoms with Crippen LogP contribution in [0.15, 0.2) is 47.6 Å². The molecule has 7 nitrogen and oxygen atoms in total. The molecule has 0 radical (unpaired) electrons. The molecule has 1 aromatic carbocycles. The first-order valence-corrected chi connectivity index (χ1v) is 8.48. The van der Waals surface area contributed by atoms with Crippen LogP contribution in [0.5, 0.6) is 5.75 Å². The second-order valence-electron chi connectivity index (χ2n) is 5.00. The third-order valence-electron chi connectivity index (χ3n) is 3.32. The fourth-order valence-corrected chi connectivity index (χ4v) is 3.25. The fourth-order valence-electron chi connectivity index (χ4n) is 2.19. The van der Waals surface area contributed by atoms with Crippen LogP contribution < -0.4 is 14.8 Å². The summed E-state index contributed by atoms with van der Waals surface area (Å²) in [6.07, 6.45) is 3.90. The summed E-state index contributed by atoms with van der Waals surface area (Å²) >= 11 is 0. The van der Waals surface area contributed by atoms with Crippen LogP contribution in [0.25, 0.3) is 0 Å². The Morgan fingerprint density at radius 1 is 1.30 bits per heavy atom. The maximum Gasteiger partial charge on any atom is 0.262 e. The molecule has 2 heterocycles. The number of fused-ring (bicyclic) bond motifs is 1. The molecule has 0 spiro atoms. The number of hydrogen-bond acceptors (Lipinski definition) is 5. The SMILES string of the molecule is O=C1COc2ccc(S(=O)(=O)NCCc3cccnc3)cc2N1. The molecule has 1 aliphatic rings. The molecule has 0 bridgehead atoms. The predicted octanol–water partition coefficient (Wildman–Crippen LogP) is 0.933. The molecule has 1 amide bonds. The summed E-state index contributed by atoms with van der Waals surface area (Å²) in [5, 5.41) is 2.59. The molecule has 2 aromatic rings. The Balaban J connectivity index is 1.70. The minimum absolute atomic E-state index is 0.0670. The zero-order valence-electron chi connectivity index (χ0n) is 12.2. The Morgan fingerprint density at radius 2 is 2.17 bits per heavy atom. The molecule has 0 atom stereocenters. The van der Waals surface area contributed by atoms with Gasteiger partial charge in [0.2, 0.25) is 10.0 Å². The van der Waals surface area contributed by atoms with Crippen molar-refractivity contribution in [3.05, 3.63) is 48.3 Å². The second kappa shape index (κ2) is 6.35. The molecule has 1 aromatic heterocycles. The zero-order valence-corrected chi connectivity index (χ0v) is 13.0. The molecule has 23 heavy (non-hydrogen) atoms. The summed E-state index contributed by atoms with van der Waals surface area (Å²) < 4.78 is 32.4. The summed E-state index contributed by atoms with van der Waals surface area (Å²) in [7, 11) is -3.66. The number of nitrogens with zero attached hydrogens (tertiary/aromatic N) is 1. The number of sulfonamides is 1.